The molecular weight excluding hydrogens is 218 g/mol. The second kappa shape index (κ2) is 5.84. The third kappa shape index (κ3) is 2.72. The van der Waals surface area contributed by atoms with Crippen molar-refractivity contribution in [2.24, 2.45) is 0 Å². The van der Waals surface area contributed by atoms with Crippen LogP contribution in [0.25, 0.3) is 0 Å². The number of ether oxygens (including phenoxy) is 1. The summed E-state index contributed by atoms with van der Waals surface area (Å²) < 4.78 is 4.68. The molecule has 1 rings (SSSR count). The maximum Gasteiger partial charge on any atom is 0.339 e. The van der Waals surface area contributed by atoms with Gasteiger partial charge in [0.2, 0.25) is 5.91 Å². The van der Waals surface area contributed by atoms with E-state index in [2.05, 4.69) is 11.3 Å². The van der Waals surface area contributed by atoms with Crippen molar-refractivity contribution < 1.29 is 14.3 Å². The summed E-state index contributed by atoms with van der Waals surface area (Å²) in [5.41, 5.74) is 0.902. The number of nitrogens with zero attached hydrogens (tertiary/aromatic N) is 1. The molecule has 4 heteroatoms. The molecule has 1 amide bonds. The number of hydrogen-bond donors (Lipinski definition) is 0. The van der Waals surface area contributed by atoms with E-state index in [1.165, 1.54) is 18.1 Å². The van der Waals surface area contributed by atoms with Gasteiger partial charge in [-0.15, -0.1) is 0 Å². The molecule has 0 saturated carbocycles. The van der Waals surface area contributed by atoms with Crippen LogP contribution in [0.15, 0.2) is 36.9 Å². The lowest BCUT2D eigenvalue weighted by molar-refractivity contribution is -0.114. The van der Waals surface area contributed by atoms with Crippen molar-refractivity contribution in [1.82, 2.24) is 0 Å². The van der Waals surface area contributed by atoms with Crippen LogP contribution in [0.4, 0.5) is 5.69 Å². The van der Waals surface area contributed by atoms with Gasteiger partial charge in [0.25, 0.3) is 0 Å². The molecule has 0 spiro atoms. The van der Waals surface area contributed by atoms with Crippen molar-refractivity contribution in [3.8, 4) is 0 Å². The lowest BCUT2D eigenvalue weighted by Crippen LogP contribution is -2.30. The normalized spacial score (nSPS) is 9.53. The Hall–Kier alpha value is -2.10. The van der Waals surface area contributed by atoms with E-state index in [0.29, 0.717) is 17.8 Å². The zero-order valence-electron chi connectivity index (χ0n) is 9.97. The largest absolute Gasteiger partial charge is 0.465 e. The highest BCUT2D eigenvalue weighted by molar-refractivity contribution is 6.06. The van der Waals surface area contributed by atoms with Crippen LogP contribution in [0.3, 0.4) is 0 Å². The molecule has 0 aliphatic carbocycles. The highest BCUT2D eigenvalue weighted by atomic mass is 16.5. The van der Waals surface area contributed by atoms with E-state index in [0.717, 1.165) is 0 Å². The summed E-state index contributed by atoms with van der Waals surface area (Å²) in [4.78, 5) is 24.7. The molecule has 0 saturated heterocycles. The number of carbonyl (C=O) groups excluding carboxylic acids is 2. The third-order valence-electron chi connectivity index (χ3n) is 2.36. The standard InChI is InChI=1S/C13H15NO3/c1-4-12(15)14(5-2)11-9-7-6-8-10(11)13(16)17-3/h4,6-9H,1,5H2,2-3H3. The molecule has 0 bridgehead atoms. The summed E-state index contributed by atoms with van der Waals surface area (Å²) in [5, 5.41) is 0. The number of anilines is 1. The van der Waals surface area contributed by atoms with E-state index in [9.17, 15) is 9.59 Å². The van der Waals surface area contributed by atoms with Crippen molar-refractivity contribution in [3.63, 3.8) is 0 Å². The smallest absolute Gasteiger partial charge is 0.339 e. The minimum Gasteiger partial charge on any atom is -0.465 e. The number of para-hydroxylation sites is 1. The fraction of sp³-hybridized carbons (Fsp3) is 0.231. The number of methoxy groups -OCH3 is 1. The van der Waals surface area contributed by atoms with Crippen LogP contribution >= 0.6 is 0 Å². The lowest BCUT2D eigenvalue weighted by Gasteiger charge is -2.21. The summed E-state index contributed by atoms with van der Waals surface area (Å²) in [6.07, 6.45) is 1.22. The zero-order valence-corrected chi connectivity index (χ0v) is 9.97. The van der Waals surface area contributed by atoms with Crippen LogP contribution < -0.4 is 4.90 Å². The highest BCUT2D eigenvalue weighted by Gasteiger charge is 2.18. The van der Waals surface area contributed by atoms with E-state index in [1.54, 1.807) is 24.3 Å². The van der Waals surface area contributed by atoms with Crippen LogP contribution in [0.2, 0.25) is 0 Å². The van der Waals surface area contributed by atoms with Crippen LogP contribution in [-0.4, -0.2) is 25.5 Å². The van der Waals surface area contributed by atoms with Gasteiger partial charge in [0.1, 0.15) is 0 Å². The maximum atomic E-state index is 11.7. The van der Waals surface area contributed by atoms with Gasteiger partial charge in [-0.05, 0) is 25.1 Å². The van der Waals surface area contributed by atoms with Crippen molar-refractivity contribution in [2.75, 3.05) is 18.6 Å². The topological polar surface area (TPSA) is 46.6 Å². The first-order chi connectivity index (χ1) is 8.15. The average molecular weight is 233 g/mol. The predicted octanol–water partition coefficient (Wildman–Crippen LogP) is 2.01. The molecule has 0 aliphatic rings. The molecule has 0 atom stereocenters. The van der Waals surface area contributed by atoms with Gasteiger partial charge in [-0.1, -0.05) is 18.7 Å². The molecule has 0 radical (unpaired) electrons. The molecule has 4 nitrogen and oxygen atoms in total. The Kier molecular flexibility index (Phi) is 4.46. The van der Waals surface area contributed by atoms with Crippen molar-refractivity contribution in [3.05, 3.63) is 42.5 Å². The van der Waals surface area contributed by atoms with Crippen LogP contribution in [-0.2, 0) is 9.53 Å². The number of rotatable bonds is 4. The molecule has 0 fully saturated rings. The molecule has 90 valence electrons. The maximum absolute atomic E-state index is 11.7. The van der Waals surface area contributed by atoms with E-state index >= 15 is 0 Å². The number of carbonyl (C=O) groups is 2. The van der Waals surface area contributed by atoms with Crippen LogP contribution in [0, 0.1) is 0 Å². The van der Waals surface area contributed by atoms with Gasteiger partial charge in [-0.3, -0.25) is 4.79 Å². The van der Waals surface area contributed by atoms with E-state index < -0.39 is 5.97 Å². The molecule has 0 aliphatic heterocycles. The molecule has 1 aromatic rings. The second-order valence-electron chi connectivity index (χ2n) is 3.30. The molecule has 17 heavy (non-hydrogen) atoms. The Morgan fingerprint density at radius 3 is 2.59 bits per heavy atom. The summed E-state index contributed by atoms with van der Waals surface area (Å²) in [6.45, 7) is 5.73. The number of hydrogen-bond acceptors (Lipinski definition) is 3. The first-order valence-electron chi connectivity index (χ1n) is 5.27. The van der Waals surface area contributed by atoms with E-state index in [4.69, 9.17) is 0 Å². The van der Waals surface area contributed by atoms with Gasteiger partial charge in [0, 0.05) is 6.54 Å². The molecule has 0 aromatic heterocycles. The predicted molar refractivity (Wildman–Crippen MR) is 66.0 cm³/mol. The molecule has 0 unspecified atom stereocenters. The van der Waals surface area contributed by atoms with Crippen LogP contribution in [0.1, 0.15) is 17.3 Å². The average Bonchev–Trinajstić information content (AvgIpc) is 2.39. The second-order valence-corrected chi connectivity index (χ2v) is 3.30. The first-order valence-corrected chi connectivity index (χ1v) is 5.27. The highest BCUT2D eigenvalue weighted by Crippen LogP contribution is 2.21. The van der Waals surface area contributed by atoms with E-state index in [1.807, 2.05) is 6.92 Å². The Labute approximate surface area is 100 Å². The fourth-order valence-corrected chi connectivity index (χ4v) is 1.55. The van der Waals surface area contributed by atoms with Gasteiger partial charge >= 0.3 is 5.97 Å². The van der Waals surface area contributed by atoms with Gasteiger partial charge in [0.15, 0.2) is 0 Å². The van der Waals surface area contributed by atoms with Gasteiger partial charge < -0.3 is 9.64 Å². The SMILES string of the molecule is C=CC(=O)N(CC)c1ccccc1C(=O)OC. The monoisotopic (exact) mass is 233 g/mol. The fourth-order valence-electron chi connectivity index (χ4n) is 1.55. The number of benzene rings is 1. The summed E-state index contributed by atoms with van der Waals surface area (Å²) in [5.74, 6) is -0.709. The first kappa shape index (κ1) is 13.0. The summed E-state index contributed by atoms with van der Waals surface area (Å²) in [7, 11) is 1.31. The Morgan fingerprint density at radius 2 is 2.06 bits per heavy atom. The molecule has 0 heterocycles. The van der Waals surface area contributed by atoms with Crippen molar-refractivity contribution >= 4 is 17.6 Å². The Morgan fingerprint density at radius 1 is 1.41 bits per heavy atom. The van der Waals surface area contributed by atoms with Crippen molar-refractivity contribution in [2.45, 2.75) is 6.92 Å². The summed E-state index contributed by atoms with van der Waals surface area (Å²) in [6, 6.07) is 6.82. The number of likely N-dealkylation sites (N-methyl/N-ethyl adjacent to an activating group) is 1. The zero-order chi connectivity index (χ0) is 12.8. The molecule has 0 N–H and O–H groups in total. The minimum absolute atomic E-state index is 0.246. The van der Waals surface area contributed by atoms with Gasteiger partial charge in [0.05, 0.1) is 18.4 Å². The minimum atomic E-state index is -0.462. The lowest BCUT2D eigenvalue weighted by atomic mass is 10.1. The van der Waals surface area contributed by atoms with Crippen molar-refractivity contribution in [1.29, 1.82) is 0 Å². The quantitative estimate of drug-likeness (QED) is 0.590. The number of amides is 1. The number of esters is 1. The summed E-state index contributed by atoms with van der Waals surface area (Å²) >= 11 is 0. The Bertz CT molecular complexity index is 440. The van der Waals surface area contributed by atoms with Gasteiger partial charge in [-0.2, -0.15) is 0 Å². The third-order valence-corrected chi connectivity index (χ3v) is 2.36. The molecular formula is C13H15NO3. The van der Waals surface area contributed by atoms with E-state index in [-0.39, 0.29) is 5.91 Å². The molecule has 1 aromatic carbocycles. The van der Waals surface area contributed by atoms with Crippen LogP contribution in [0.5, 0.6) is 0 Å². The Balaban J connectivity index is 3.23. The van der Waals surface area contributed by atoms with Gasteiger partial charge in [-0.25, -0.2) is 4.79 Å².